The number of hydrogen-bond donors (Lipinski definition) is 1. The van der Waals surface area contributed by atoms with E-state index in [1.807, 2.05) is 31.3 Å². The number of aryl methyl sites for hydroxylation is 1. The monoisotopic (exact) mass is 362 g/mol. The smallest absolute Gasteiger partial charge is 1.00 e. The zero-order chi connectivity index (χ0) is 11.1. The maximum Gasteiger partial charge on any atom is 2.00 e. The van der Waals surface area contributed by atoms with E-state index in [1.54, 1.807) is 7.11 Å². The Morgan fingerprint density at radius 3 is 2.72 bits per heavy atom. The molecule has 0 radical (unpaired) electrons. The van der Waals surface area contributed by atoms with E-state index in [0.29, 0.717) is 0 Å². The third-order valence-electron chi connectivity index (χ3n) is 2.82. The molecule has 0 aliphatic heterocycles. The number of aromatic amines is 1. The summed E-state index contributed by atoms with van der Waals surface area (Å²) in [4.78, 5) is 7.59. The molecule has 0 spiro atoms. The molecule has 3 aromatic rings. The Morgan fingerprint density at radius 2 is 2.00 bits per heavy atom. The first kappa shape index (κ1) is 15.5. The molecule has 0 saturated heterocycles. The molecule has 2 aromatic heterocycles. The fourth-order valence-corrected chi connectivity index (χ4v) is 1.99. The van der Waals surface area contributed by atoms with Crippen molar-refractivity contribution in [1.82, 2.24) is 9.97 Å². The molecule has 3 rings (SSSR count). The molecule has 2 heterocycles. The molecule has 0 saturated carbocycles. The van der Waals surface area contributed by atoms with Crippen LogP contribution in [-0.2, 0) is 0 Å². The van der Waals surface area contributed by atoms with Crippen LogP contribution >= 0.6 is 0 Å². The van der Waals surface area contributed by atoms with Gasteiger partial charge in [-0.05, 0) is 18.4 Å². The standard InChI is InChI=1S/C13H11N2O.HI.Mg/c1-8-13-11(5-6-14-8)10-4-3-9(16-2)7-12(10)15-13;;/h3-6,15H,1-2H3;1H;/q-1;;+2/p-1. The Balaban J connectivity index is 0.000000810. The van der Waals surface area contributed by atoms with Gasteiger partial charge >= 0.3 is 23.1 Å². The summed E-state index contributed by atoms with van der Waals surface area (Å²) in [5, 5.41) is 2.34. The Kier molecular flexibility index (Phi) is 5.24. The van der Waals surface area contributed by atoms with Gasteiger partial charge in [0.1, 0.15) is 0 Å². The van der Waals surface area contributed by atoms with Gasteiger partial charge in [0, 0.05) is 11.9 Å². The fourth-order valence-electron chi connectivity index (χ4n) is 1.99. The number of hydrogen-bond acceptors (Lipinski definition) is 2. The number of rotatable bonds is 1. The van der Waals surface area contributed by atoms with Gasteiger partial charge in [-0.25, -0.2) is 0 Å². The van der Waals surface area contributed by atoms with E-state index in [1.165, 1.54) is 5.39 Å². The molecule has 1 N–H and O–H groups in total. The molecule has 0 atom stereocenters. The van der Waals surface area contributed by atoms with Gasteiger partial charge < -0.3 is 33.7 Å². The van der Waals surface area contributed by atoms with Crippen molar-refractivity contribution in [2.24, 2.45) is 0 Å². The van der Waals surface area contributed by atoms with E-state index in [0.717, 1.165) is 27.9 Å². The number of fused-ring (bicyclic) bond motifs is 3. The fraction of sp³-hybridized carbons (Fsp3) is 0.154. The number of ether oxygens (including phenoxy) is 1. The van der Waals surface area contributed by atoms with Crippen LogP contribution in [0.15, 0.2) is 24.4 Å². The van der Waals surface area contributed by atoms with Crippen molar-refractivity contribution in [3.63, 3.8) is 0 Å². The summed E-state index contributed by atoms with van der Waals surface area (Å²) in [6.45, 7) is 1.99. The molecule has 5 heteroatoms. The summed E-state index contributed by atoms with van der Waals surface area (Å²) in [7, 11) is 1.65. The van der Waals surface area contributed by atoms with Gasteiger partial charge in [0.25, 0.3) is 0 Å². The van der Waals surface area contributed by atoms with Gasteiger partial charge in [-0.2, -0.15) is 6.07 Å². The van der Waals surface area contributed by atoms with Crippen LogP contribution in [-0.4, -0.2) is 40.1 Å². The number of nitrogens with one attached hydrogen (secondary N) is 1. The van der Waals surface area contributed by atoms with E-state index >= 15 is 0 Å². The van der Waals surface area contributed by atoms with Crippen LogP contribution in [0.5, 0.6) is 5.75 Å². The molecule has 0 fully saturated rings. The van der Waals surface area contributed by atoms with Crippen LogP contribution in [0, 0.1) is 13.0 Å². The van der Waals surface area contributed by atoms with Crippen LogP contribution in [0.2, 0.25) is 0 Å². The number of aromatic nitrogens is 2. The Bertz CT molecular complexity index is 681. The van der Waals surface area contributed by atoms with Crippen molar-refractivity contribution in [3.8, 4) is 5.75 Å². The predicted molar refractivity (Wildman–Crippen MR) is 69.5 cm³/mol. The van der Waals surface area contributed by atoms with Crippen LogP contribution < -0.4 is 28.7 Å². The first-order valence-electron chi connectivity index (χ1n) is 5.13. The molecular formula is C13H11IMgN2O. The maximum atomic E-state index is 5.16. The van der Waals surface area contributed by atoms with Crippen molar-refractivity contribution >= 4 is 44.9 Å². The molecule has 0 unspecified atom stereocenters. The number of nitrogens with zero attached hydrogens (tertiary/aromatic N) is 1. The minimum atomic E-state index is 0. The Labute approximate surface area is 138 Å². The number of H-pyrrole nitrogens is 1. The molecule has 0 aliphatic carbocycles. The summed E-state index contributed by atoms with van der Waals surface area (Å²) in [5.74, 6) is 0.740. The Hall–Kier alpha value is -0.534. The minimum Gasteiger partial charge on any atom is -1.00 e. The molecule has 0 amide bonds. The average Bonchev–Trinajstić information content (AvgIpc) is 2.68. The molecule has 3 nitrogen and oxygen atoms in total. The summed E-state index contributed by atoms with van der Waals surface area (Å²) in [6.07, 6.45) is 1.83. The number of pyridine rings is 1. The summed E-state index contributed by atoms with van der Waals surface area (Å²) < 4.78 is 5.16. The number of benzene rings is 1. The van der Waals surface area contributed by atoms with Gasteiger partial charge in [0.05, 0.1) is 18.3 Å². The van der Waals surface area contributed by atoms with E-state index in [2.05, 4.69) is 16.0 Å². The average molecular weight is 362 g/mol. The maximum absolute atomic E-state index is 5.16. The van der Waals surface area contributed by atoms with E-state index in [9.17, 15) is 0 Å². The van der Waals surface area contributed by atoms with Crippen LogP contribution in [0.4, 0.5) is 0 Å². The zero-order valence-electron chi connectivity index (χ0n) is 10.2. The van der Waals surface area contributed by atoms with E-state index < -0.39 is 0 Å². The van der Waals surface area contributed by atoms with Gasteiger partial charge in [-0.15, -0.1) is 17.5 Å². The minimum absolute atomic E-state index is 0. The van der Waals surface area contributed by atoms with Gasteiger partial charge in [0.15, 0.2) is 0 Å². The summed E-state index contributed by atoms with van der Waals surface area (Å²) in [5.41, 5.74) is 3.04. The number of methoxy groups -OCH3 is 1. The third kappa shape index (κ3) is 2.43. The topological polar surface area (TPSA) is 37.9 Å². The normalized spacial score (nSPS) is 9.89. The second-order valence-corrected chi connectivity index (χ2v) is 3.76. The van der Waals surface area contributed by atoms with Crippen LogP contribution in [0.3, 0.4) is 0 Å². The number of halogens is 1. The SMILES string of the molecule is COc1[c-]c2[nH]c3c(C)nccc3c2cc1.[I-].[Mg+2]. The second kappa shape index (κ2) is 6.07. The van der Waals surface area contributed by atoms with Gasteiger partial charge in [0.2, 0.25) is 0 Å². The third-order valence-corrected chi connectivity index (χ3v) is 2.82. The first-order valence-corrected chi connectivity index (χ1v) is 5.13. The molecule has 0 aliphatic rings. The largest absolute Gasteiger partial charge is 2.00 e. The molecule has 1 aromatic carbocycles. The second-order valence-electron chi connectivity index (χ2n) is 3.76. The first-order chi connectivity index (χ1) is 7.79. The van der Waals surface area contributed by atoms with Crippen molar-refractivity contribution in [2.75, 3.05) is 7.11 Å². The van der Waals surface area contributed by atoms with Crippen molar-refractivity contribution < 1.29 is 28.7 Å². The molecule has 0 bridgehead atoms. The van der Waals surface area contributed by atoms with E-state index in [4.69, 9.17) is 4.74 Å². The molecular weight excluding hydrogens is 351 g/mol. The van der Waals surface area contributed by atoms with Crippen molar-refractivity contribution in [2.45, 2.75) is 6.92 Å². The summed E-state index contributed by atoms with van der Waals surface area (Å²) >= 11 is 0. The molecule has 88 valence electrons. The quantitative estimate of drug-likeness (QED) is 0.359. The summed E-state index contributed by atoms with van der Waals surface area (Å²) in [6, 6.07) is 9.17. The van der Waals surface area contributed by atoms with E-state index in [-0.39, 0.29) is 47.0 Å². The van der Waals surface area contributed by atoms with Crippen molar-refractivity contribution in [3.05, 3.63) is 36.2 Å². The van der Waals surface area contributed by atoms with Crippen LogP contribution in [0.1, 0.15) is 5.69 Å². The van der Waals surface area contributed by atoms with Crippen LogP contribution in [0.25, 0.3) is 21.8 Å². The van der Waals surface area contributed by atoms with Gasteiger partial charge in [-0.3, -0.25) is 4.98 Å². The van der Waals surface area contributed by atoms with Crippen molar-refractivity contribution in [1.29, 1.82) is 0 Å². The zero-order valence-corrected chi connectivity index (χ0v) is 13.8. The predicted octanol–water partition coefficient (Wildman–Crippen LogP) is -0.543. The molecule has 18 heavy (non-hydrogen) atoms. The Morgan fingerprint density at radius 1 is 1.22 bits per heavy atom. The van der Waals surface area contributed by atoms with Gasteiger partial charge in [-0.1, -0.05) is 5.52 Å².